The number of rotatable bonds is 2. The molecule has 58 valence electrons. The van der Waals surface area contributed by atoms with Crippen LogP contribution in [-0.2, 0) is 9.53 Å². The minimum absolute atomic E-state index is 0.381. The van der Waals surface area contributed by atoms with Gasteiger partial charge in [-0.3, -0.25) is 0 Å². The Hall–Kier alpha value is -1.19. The third kappa shape index (κ3) is 2.96. The van der Waals surface area contributed by atoms with Gasteiger partial charge in [0.25, 0.3) is 0 Å². The van der Waals surface area contributed by atoms with Crippen molar-refractivity contribution in [1.82, 2.24) is 4.90 Å². The summed E-state index contributed by atoms with van der Waals surface area (Å²) < 4.78 is 4.35. The van der Waals surface area contributed by atoms with Crippen molar-refractivity contribution in [1.29, 1.82) is 0 Å². The van der Waals surface area contributed by atoms with Crippen LogP contribution in [0.3, 0.4) is 0 Å². The summed E-state index contributed by atoms with van der Waals surface area (Å²) in [5.74, 6) is -0.0574. The molecule has 10 heavy (non-hydrogen) atoms. The number of carbonyl (C=O) groups excluding carboxylic acids is 1. The lowest BCUT2D eigenvalue weighted by Gasteiger charge is -2.10. The molecule has 0 fully saturated rings. The van der Waals surface area contributed by atoms with Crippen molar-refractivity contribution in [3.05, 3.63) is 11.9 Å². The Morgan fingerprint density at radius 2 is 2.10 bits per heavy atom. The molecule has 0 rings (SSSR count). The van der Waals surface area contributed by atoms with Gasteiger partial charge < -0.3 is 15.4 Å². The van der Waals surface area contributed by atoms with Crippen LogP contribution in [0.15, 0.2) is 11.9 Å². The number of hydrogen-bond donors (Lipinski definition) is 1. The van der Waals surface area contributed by atoms with Gasteiger partial charge in [0.1, 0.15) is 5.82 Å². The zero-order valence-electron chi connectivity index (χ0n) is 6.42. The Morgan fingerprint density at radius 1 is 1.60 bits per heavy atom. The molecule has 0 aromatic carbocycles. The highest BCUT2D eigenvalue weighted by atomic mass is 16.5. The lowest BCUT2D eigenvalue weighted by Crippen LogP contribution is -2.19. The standard InChI is InChI=1S/C6H12N2O2/c1-8(2)5(7)4-6(9)10-3/h4H,7H2,1-3H3. The average molecular weight is 144 g/mol. The second-order valence-electron chi connectivity index (χ2n) is 1.99. The number of methoxy groups -OCH3 is 1. The van der Waals surface area contributed by atoms with Gasteiger partial charge >= 0.3 is 5.97 Å². The second kappa shape index (κ2) is 3.76. The van der Waals surface area contributed by atoms with E-state index in [9.17, 15) is 4.79 Å². The minimum atomic E-state index is -0.439. The van der Waals surface area contributed by atoms with E-state index in [1.807, 2.05) is 0 Å². The predicted octanol–water partition coefficient (Wildman–Crippen LogP) is -0.479. The molecule has 0 heterocycles. The average Bonchev–Trinajstić information content (AvgIpc) is 1.87. The summed E-state index contributed by atoms with van der Waals surface area (Å²) in [7, 11) is 4.80. The zero-order chi connectivity index (χ0) is 8.15. The zero-order valence-corrected chi connectivity index (χ0v) is 6.42. The summed E-state index contributed by atoms with van der Waals surface area (Å²) >= 11 is 0. The van der Waals surface area contributed by atoms with Crippen molar-refractivity contribution >= 4 is 5.97 Å². The van der Waals surface area contributed by atoms with Crippen LogP contribution in [0.4, 0.5) is 0 Å². The molecule has 0 aliphatic carbocycles. The first-order chi connectivity index (χ1) is 4.57. The van der Waals surface area contributed by atoms with Gasteiger partial charge in [-0.05, 0) is 0 Å². The Kier molecular flexibility index (Phi) is 3.32. The summed E-state index contributed by atoms with van der Waals surface area (Å²) in [6, 6.07) is 0. The van der Waals surface area contributed by atoms with Crippen LogP contribution in [0.25, 0.3) is 0 Å². The highest BCUT2D eigenvalue weighted by Gasteiger charge is 1.97. The van der Waals surface area contributed by atoms with E-state index in [-0.39, 0.29) is 0 Å². The van der Waals surface area contributed by atoms with Gasteiger partial charge in [-0.25, -0.2) is 4.79 Å². The number of ether oxygens (including phenoxy) is 1. The lowest BCUT2D eigenvalue weighted by atomic mass is 10.5. The number of nitrogens with zero attached hydrogens (tertiary/aromatic N) is 1. The summed E-state index contributed by atoms with van der Waals surface area (Å²) in [5.41, 5.74) is 5.38. The SMILES string of the molecule is COC(=O)C=C(N)N(C)C. The fraction of sp³-hybridized carbons (Fsp3) is 0.500. The van der Waals surface area contributed by atoms with E-state index in [2.05, 4.69) is 4.74 Å². The molecule has 0 amide bonds. The largest absolute Gasteiger partial charge is 0.466 e. The maximum atomic E-state index is 10.5. The smallest absolute Gasteiger partial charge is 0.334 e. The summed E-state index contributed by atoms with van der Waals surface area (Å²) in [4.78, 5) is 12.1. The Balaban J connectivity index is 4.03. The summed E-state index contributed by atoms with van der Waals surface area (Å²) in [5, 5.41) is 0. The fourth-order valence-electron chi connectivity index (χ4n) is 0.309. The van der Waals surface area contributed by atoms with Crippen LogP contribution in [0.5, 0.6) is 0 Å². The van der Waals surface area contributed by atoms with E-state index in [4.69, 9.17) is 5.73 Å². The normalized spacial score (nSPS) is 10.9. The minimum Gasteiger partial charge on any atom is -0.466 e. The quantitative estimate of drug-likeness (QED) is 0.420. The molecule has 0 saturated carbocycles. The molecule has 0 saturated heterocycles. The van der Waals surface area contributed by atoms with Gasteiger partial charge in [-0.1, -0.05) is 0 Å². The molecular weight excluding hydrogens is 132 g/mol. The van der Waals surface area contributed by atoms with Crippen LogP contribution in [0.2, 0.25) is 0 Å². The first-order valence-electron chi connectivity index (χ1n) is 2.80. The van der Waals surface area contributed by atoms with Crippen LogP contribution in [-0.4, -0.2) is 32.1 Å². The van der Waals surface area contributed by atoms with Crippen molar-refractivity contribution in [2.75, 3.05) is 21.2 Å². The monoisotopic (exact) mass is 144 g/mol. The molecule has 0 atom stereocenters. The molecule has 0 aliphatic heterocycles. The Bertz CT molecular complexity index is 152. The Labute approximate surface area is 60.2 Å². The van der Waals surface area contributed by atoms with E-state index in [0.29, 0.717) is 5.82 Å². The number of esters is 1. The number of carbonyl (C=O) groups is 1. The van der Waals surface area contributed by atoms with Gasteiger partial charge in [0, 0.05) is 14.1 Å². The van der Waals surface area contributed by atoms with E-state index in [0.717, 1.165) is 0 Å². The van der Waals surface area contributed by atoms with E-state index in [1.54, 1.807) is 19.0 Å². The van der Waals surface area contributed by atoms with Crippen LogP contribution in [0, 0.1) is 0 Å². The van der Waals surface area contributed by atoms with E-state index < -0.39 is 5.97 Å². The highest BCUT2D eigenvalue weighted by molar-refractivity contribution is 5.82. The van der Waals surface area contributed by atoms with Crippen LogP contribution in [0.1, 0.15) is 0 Å². The number of nitrogens with two attached hydrogens (primary N) is 1. The van der Waals surface area contributed by atoms with Crippen molar-refractivity contribution in [2.24, 2.45) is 5.73 Å². The second-order valence-corrected chi connectivity index (χ2v) is 1.99. The molecule has 0 aliphatic rings. The molecule has 0 spiro atoms. The highest BCUT2D eigenvalue weighted by Crippen LogP contribution is 1.88. The van der Waals surface area contributed by atoms with Crippen molar-refractivity contribution in [2.45, 2.75) is 0 Å². The van der Waals surface area contributed by atoms with Crippen molar-refractivity contribution in [3.8, 4) is 0 Å². The Morgan fingerprint density at radius 3 is 2.40 bits per heavy atom. The lowest BCUT2D eigenvalue weighted by molar-refractivity contribution is -0.134. The molecule has 0 bridgehead atoms. The van der Waals surface area contributed by atoms with Crippen molar-refractivity contribution < 1.29 is 9.53 Å². The first kappa shape index (κ1) is 8.81. The first-order valence-corrected chi connectivity index (χ1v) is 2.80. The fourth-order valence-corrected chi connectivity index (χ4v) is 0.309. The summed E-state index contributed by atoms with van der Waals surface area (Å²) in [6.45, 7) is 0. The van der Waals surface area contributed by atoms with E-state index >= 15 is 0 Å². The van der Waals surface area contributed by atoms with Gasteiger partial charge in [0.15, 0.2) is 0 Å². The van der Waals surface area contributed by atoms with Gasteiger partial charge in [-0.15, -0.1) is 0 Å². The van der Waals surface area contributed by atoms with Gasteiger partial charge in [0.2, 0.25) is 0 Å². The van der Waals surface area contributed by atoms with Crippen LogP contribution < -0.4 is 5.73 Å². The topological polar surface area (TPSA) is 55.6 Å². The maximum absolute atomic E-state index is 10.5. The predicted molar refractivity (Wildman–Crippen MR) is 38.0 cm³/mol. The summed E-state index contributed by atoms with van der Waals surface area (Å²) in [6.07, 6.45) is 1.22. The molecule has 0 aromatic rings. The third-order valence-electron chi connectivity index (χ3n) is 0.983. The van der Waals surface area contributed by atoms with Gasteiger partial charge in [-0.2, -0.15) is 0 Å². The van der Waals surface area contributed by atoms with Crippen LogP contribution >= 0.6 is 0 Å². The van der Waals surface area contributed by atoms with Gasteiger partial charge in [0.05, 0.1) is 13.2 Å². The van der Waals surface area contributed by atoms with Crippen molar-refractivity contribution in [3.63, 3.8) is 0 Å². The third-order valence-corrected chi connectivity index (χ3v) is 0.983. The molecule has 0 unspecified atom stereocenters. The molecule has 0 radical (unpaired) electrons. The van der Waals surface area contributed by atoms with E-state index in [1.165, 1.54) is 13.2 Å². The molecule has 4 nitrogen and oxygen atoms in total. The molecule has 0 aromatic heterocycles. The molecular formula is C6H12N2O2. The molecule has 2 N–H and O–H groups in total. The molecule has 4 heteroatoms. The number of hydrogen-bond acceptors (Lipinski definition) is 4. The maximum Gasteiger partial charge on any atom is 0.334 e.